The Balaban J connectivity index is 1.56. The molecule has 1 aliphatic rings. The van der Waals surface area contributed by atoms with Gasteiger partial charge in [-0.05, 0) is 23.8 Å². The maximum Gasteiger partial charge on any atom is 0.416 e. The van der Waals surface area contributed by atoms with Crippen LogP contribution in [0.3, 0.4) is 0 Å². The fourth-order valence-corrected chi connectivity index (χ4v) is 3.17. The van der Waals surface area contributed by atoms with E-state index in [-0.39, 0.29) is 5.91 Å². The van der Waals surface area contributed by atoms with E-state index in [1.54, 1.807) is 29.3 Å². The molecule has 0 saturated carbocycles. The van der Waals surface area contributed by atoms with Crippen LogP contribution in [0.15, 0.2) is 42.6 Å². The number of hydrogen-bond acceptors (Lipinski definition) is 4. The molecule has 8 heteroatoms. The second-order valence-corrected chi connectivity index (χ2v) is 7.07. The van der Waals surface area contributed by atoms with E-state index in [2.05, 4.69) is 9.88 Å². The molecule has 2 heterocycles. The highest BCUT2D eigenvalue weighted by Gasteiger charge is 2.30. The van der Waals surface area contributed by atoms with Gasteiger partial charge in [0, 0.05) is 53.0 Å². The van der Waals surface area contributed by atoms with Crippen LogP contribution in [0.2, 0.25) is 0 Å². The molecule has 1 aromatic carbocycles. The quantitative estimate of drug-likeness (QED) is 0.802. The zero-order valence-corrected chi connectivity index (χ0v) is 15.9. The zero-order chi connectivity index (χ0) is 20.3. The summed E-state index contributed by atoms with van der Waals surface area (Å²) in [6, 6.07) is 8.97. The van der Waals surface area contributed by atoms with E-state index in [9.17, 15) is 18.0 Å². The number of amides is 1. The number of halogens is 3. The first kappa shape index (κ1) is 20.1. The Morgan fingerprint density at radius 2 is 1.82 bits per heavy atom. The molecule has 0 bridgehead atoms. The van der Waals surface area contributed by atoms with Crippen molar-refractivity contribution in [3.63, 3.8) is 0 Å². The lowest BCUT2D eigenvalue weighted by Crippen LogP contribution is -2.48. The summed E-state index contributed by atoms with van der Waals surface area (Å²) >= 11 is 0. The summed E-state index contributed by atoms with van der Waals surface area (Å²) < 4.78 is 38.6. The van der Waals surface area contributed by atoms with Crippen molar-refractivity contribution >= 4 is 11.7 Å². The average molecular weight is 392 g/mol. The molecular formula is C20H23F3N4O. The maximum atomic E-state index is 12.9. The molecule has 0 unspecified atom stereocenters. The van der Waals surface area contributed by atoms with E-state index in [4.69, 9.17) is 0 Å². The van der Waals surface area contributed by atoms with Crippen molar-refractivity contribution in [3.05, 3.63) is 59.3 Å². The van der Waals surface area contributed by atoms with Gasteiger partial charge in [-0.1, -0.05) is 18.2 Å². The highest BCUT2D eigenvalue weighted by Crippen LogP contribution is 2.29. The molecule has 1 amide bonds. The number of aromatic nitrogens is 1. The van der Waals surface area contributed by atoms with Crippen molar-refractivity contribution < 1.29 is 18.0 Å². The number of nitrogens with zero attached hydrogens (tertiary/aromatic N) is 4. The first-order valence-electron chi connectivity index (χ1n) is 9.05. The predicted molar refractivity (Wildman–Crippen MR) is 101 cm³/mol. The van der Waals surface area contributed by atoms with Gasteiger partial charge in [0.1, 0.15) is 5.82 Å². The summed E-state index contributed by atoms with van der Waals surface area (Å²) in [6.45, 7) is 2.74. The molecule has 0 N–H and O–H groups in total. The summed E-state index contributed by atoms with van der Waals surface area (Å²) in [4.78, 5) is 22.6. The van der Waals surface area contributed by atoms with Gasteiger partial charge in [0.2, 0.25) is 0 Å². The second kappa shape index (κ2) is 8.18. The van der Waals surface area contributed by atoms with E-state index in [0.717, 1.165) is 11.9 Å². The summed E-state index contributed by atoms with van der Waals surface area (Å²) in [5.74, 6) is 0.707. The number of hydrogen-bond donors (Lipinski definition) is 0. The largest absolute Gasteiger partial charge is 0.416 e. The molecule has 28 heavy (non-hydrogen) atoms. The van der Waals surface area contributed by atoms with E-state index in [1.807, 2.05) is 19.0 Å². The lowest BCUT2D eigenvalue weighted by atomic mass is 10.1. The van der Waals surface area contributed by atoms with Crippen LogP contribution in [0, 0.1) is 0 Å². The molecule has 0 spiro atoms. The molecule has 1 saturated heterocycles. The Kier molecular flexibility index (Phi) is 5.88. The minimum Gasteiger partial charge on any atom is -0.363 e. The van der Waals surface area contributed by atoms with Crippen LogP contribution in [0.25, 0.3) is 0 Å². The molecule has 2 aromatic rings. The van der Waals surface area contributed by atoms with Gasteiger partial charge < -0.3 is 9.80 Å². The number of benzene rings is 1. The van der Waals surface area contributed by atoms with E-state index in [1.165, 1.54) is 12.1 Å². The fraction of sp³-hybridized carbons (Fsp3) is 0.400. The number of alkyl halides is 3. The Bertz CT molecular complexity index is 813. The summed E-state index contributed by atoms with van der Waals surface area (Å²) in [5, 5.41) is 0. The van der Waals surface area contributed by atoms with E-state index >= 15 is 0 Å². The molecule has 1 aromatic heterocycles. The molecule has 0 aliphatic carbocycles. The number of rotatable bonds is 4. The van der Waals surface area contributed by atoms with Crippen molar-refractivity contribution in [3.8, 4) is 0 Å². The SMILES string of the molecule is CN(C)c1ccc(C(=O)N2CCN(Cc3cccc(C(F)(F)F)c3)CC2)cn1. The Hall–Kier alpha value is -2.61. The van der Waals surface area contributed by atoms with Gasteiger partial charge in [-0.3, -0.25) is 9.69 Å². The third kappa shape index (κ3) is 4.81. The summed E-state index contributed by atoms with van der Waals surface area (Å²) in [7, 11) is 3.76. The first-order valence-corrected chi connectivity index (χ1v) is 9.05. The lowest BCUT2D eigenvalue weighted by molar-refractivity contribution is -0.137. The van der Waals surface area contributed by atoms with Gasteiger partial charge in [-0.2, -0.15) is 13.2 Å². The number of carbonyl (C=O) groups is 1. The highest BCUT2D eigenvalue weighted by molar-refractivity contribution is 5.94. The van der Waals surface area contributed by atoms with Crippen molar-refractivity contribution in [1.82, 2.24) is 14.8 Å². The molecule has 0 atom stereocenters. The summed E-state index contributed by atoms with van der Waals surface area (Å²) in [5.41, 5.74) is 0.530. The van der Waals surface area contributed by atoms with Crippen molar-refractivity contribution in [1.29, 1.82) is 0 Å². The highest BCUT2D eigenvalue weighted by atomic mass is 19.4. The van der Waals surface area contributed by atoms with Gasteiger partial charge in [0.05, 0.1) is 11.1 Å². The third-order valence-corrected chi connectivity index (χ3v) is 4.77. The van der Waals surface area contributed by atoms with E-state index < -0.39 is 11.7 Å². The molecule has 0 radical (unpaired) electrons. The van der Waals surface area contributed by atoms with Crippen molar-refractivity contribution in [2.45, 2.75) is 12.7 Å². The zero-order valence-electron chi connectivity index (χ0n) is 15.9. The lowest BCUT2D eigenvalue weighted by Gasteiger charge is -2.34. The van der Waals surface area contributed by atoms with Crippen LogP contribution >= 0.6 is 0 Å². The topological polar surface area (TPSA) is 39.7 Å². The van der Waals surface area contributed by atoms with E-state index in [0.29, 0.717) is 43.9 Å². The summed E-state index contributed by atoms with van der Waals surface area (Å²) in [6.07, 6.45) is -2.76. The monoisotopic (exact) mass is 392 g/mol. The normalized spacial score (nSPS) is 15.5. The van der Waals surface area contributed by atoms with Gasteiger partial charge in [-0.15, -0.1) is 0 Å². The van der Waals surface area contributed by atoms with Crippen molar-refractivity contribution in [2.24, 2.45) is 0 Å². The van der Waals surface area contributed by atoms with Crippen molar-refractivity contribution in [2.75, 3.05) is 45.2 Å². The number of piperazine rings is 1. The minimum absolute atomic E-state index is 0.0727. The smallest absolute Gasteiger partial charge is 0.363 e. The minimum atomic E-state index is -4.34. The number of anilines is 1. The van der Waals surface area contributed by atoms with Gasteiger partial charge >= 0.3 is 6.18 Å². The first-order chi connectivity index (χ1) is 13.2. The molecule has 1 aliphatic heterocycles. The average Bonchev–Trinajstić information content (AvgIpc) is 2.68. The molecular weight excluding hydrogens is 369 g/mol. The Morgan fingerprint density at radius 1 is 1.11 bits per heavy atom. The standard InChI is InChI=1S/C20H23F3N4O/c1-25(2)18-7-6-16(13-24-18)19(28)27-10-8-26(9-11-27)14-15-4-3-5-17(12-15)20(21,22)23/h3-7,12-13H,8-11,14H2,1-2H3. The van der Waals surface area contributed by atoms with Gasteiger partial charge in [0.25, 0.3) is 5.91 Å². The second-order valence-electron chi connectivity index (χ2n) is 7.07. The van der Waals surface area contributed by atoms with Crippen LogP contribution in [0.1, 0.15) is 21.5 Å². The van der Waals surface area contributed by atoms with Crippen LogP contribution in [-0.4, -0.2) is 61.0 Å². The van der Waals surface area contributed by atoms with Crippen LogP contribution in [0.5, 0.6) is 0 Å². The predicted octanol–water partition coefficient (Wildman–Crippen LogP) is 3.12. The molecule has 150 valence electrons. The van der Waals surface area contributed by atoms with Gasteiger partial charge in [0.15, 0.2) is 0 Å². The Morgan fingerprint density at radius 3 is 2.39 bits per heavy atom. The number of carbonyl (C=O) groups excluding carboxylic acids is 1. The molecule has 3 rings (SSSR count). The van der Waals surface area contributed by atoms with Gasteiger partial charge in [-0.25, -0.2) is 4.98 Å². The molecule has 5 nitrogen and oxygen atoms in total. The van der Waals surface area contributed by atoms with Crippen LogP contribution < -0.4 is 4.90 Å². The third-order valence-electron chi connectivity index (χ3n) is 4.77. The fourth-order valence-electron chi connectivity index (χ4n) is 3.17. The van der Waals surface area contributed by atoms with Crippen LogP contribution in [0.4, 0.5) is 19.0 Å². The Labute approximate surface area is 162 Å². The number of pyridine rings is 1. The maximum absolute atomic E-state index is 12.9. The van der Waals surface area contributed by atoms with Crippen LogP contribution in [-0.2, 0) is 12.7 Å². The molecule has 1 fully saturated rings.